The normalized spacial score (nSPS) is 12.8. The van der Waals surface area contributed by atoms with E-state index in [0.29, 0.717) is 17.7 Å². The van der Waals surface area contributed by atoms with Gasteiger partial charge in [-0.1, -0.05) is 13.0 Å². The minimum atomic E-state index is -3.36. The Morgan fingerprint density at radius 2 is 2.13 bits per heavy atom. The number of hydrogen-bond acceptors (Lipinski definition) is 4. The summed E-state index contributed by atoms with van der Waals surface area (Å²) in [6.07, 6.45) is 3.60. The van der Waals surface area contributed by atoms with Crippen LogP contribution < -0.4 is 9.46 Å². The van der Waals surface area contributed by atoms with Gasteiger partial charge in [-0.05, 0) is 43.2 Å². The van der Waals surface area contributed by atoms with Gasteiger partial charge in [0.05, 0.1) is 11.9 Å². The van der Waals surface area contributed by atoms with E-state index in [-0.39, 0.29) is 11.5 Å². The maximum atomic E-state index is 14.2. The van der Waals surface area contributed by atoms with Crippen molar-refractivity contribution < 1.29 is 17.5 Å². The fourth-order valence-electron chi connectivity index (χ4n) is 2.07. The zero-order chi connectivity index (χ0) is 16.9. The lowest BCUT2D eigenvalue weighted by Crippen LogP contribution is -2.29. The summed E-state index contributed by atoms with van der Waals surface area (Å²) < 4.78 is 45.6. The Morgan fingerprint density at radius 3 is 2.74 bits per heavy atom. The first-order valence-corrected chi connectivity index (χ1v) is 8.94. The second-order valence-electron chi connectivity index (χ2n) is 5.14. The lowest BCUT2D eigenvalue weighted by atomic mass is 10.1. The SMILES string of the molecule is CCCS(=O)(=O)N[C@@H](C)c1ccc(Oc2cccnc2)c(F)c1. The molecule has 1 N–H and O–H groups in total. The Kier molecular flexibility index (Phi) is 5.68. The van der Waals surface area contributed by atoms with Gasteiger partial charge < -0.3 is 4.74 Å². The molecule has 124 valence electrons. The molecule has 0 aliphatic heterocycles. The molecular weight excluding hydrogens is 319 g/mol. The Morgan fingerprint density at radius 1 is 1.35 bits per heavy atom. The number of hydrogen-bond donors (Lipinski definition) is 1. The van der Waals surface area contributed by atoms with Crippen LogP contribution in [0.25, 0.3) is 0 Å². The molecule has 0 radical (unpaired) electrons. The molecule has 23 heavy (non-hydrogen) atoms. The molecule has 0 unspecified atom stereocenters. The fraction of sp³-hybridized carbons (Fsp3) is 0.312. The zero-order valence-corrected chi connectivity index (χ0v) is 13.8. The number of pyridine rings is 1. The summed E-state index contributed by atoms with van der Waals surface area (Å²) in [4.78, 5) is 3.89. The van der Waals surface area contributed by atoms with Gasteiger partial charge in [0.2, 0.25) is 10.0 Å². The molecule has 0 aliphatic rings. The molecule has 1 atom stereocenters. The highest BCUT2D eigenvalue weighted by Crippen LogP contribution is 2.26. The van der Waals surface area contributed by atoms with E-state index in [2.05, 4.69) is 9.71 Å². The summed E-state index contributed by atoms with van der Waals surface area (Å²) in [5, 5.41) is 0. The third kappa shape index (κ3) is 5.01. The average molecular weight is 338 g/mol. The van der Waals surface area contributed by atoms with E-state index in [1.807, 2.05) is 0 Å². The molecule has 1 aromatic heterocycles. The maximum absolute atomic E-state index is 14.2. The maximum Gasteiger partial charge on any atom is 0.212 e. The number of benzene rings is 1. The van der Waals surface area contributed by atoms with Gasteiger partial charge in [-0.2, -0.15) is 0 Å². The third-order valence-corrected chi connectivity index (χ3v) is 4.81. The monoisotopic (exact) mass is 338 g/mol. The van der Waals surface area contributed by atoms with E-state index in [0.717, 1.165) is 0 Å². The number of sulfonamides is 1. The molecule has 1 heterocycles. The first-order valence-electron chi connectivity index (χ1n) is 7.28. The van der Waals surface area contributed by atoms with Gasteiger partial charge in [-0.15, -0.1) is 0 Å². The number of aromatic nitrogens is 1. The molecule has 1 aromatic carbocycles. The van der Waals surface area contributed by atoms with E-state index >= 15 is 0 Å². The van der Waals surface area contributed by atoms with Crippen LogP contribution in [-0.4, -0.2) is 19.2 Å². The van der Waals surface area contributed by atoms with Crippen molar-refractivity contribution in [3.63, 3.8) is 0 Å². The predicted molar refractivity (Wildman–Crippen MR) is 86.3 cm³/mol. The van der Waals surface area contributed by atoms with Crippen LogP contribution in [0.15, 0.2) is 42.7 Å². The van der Waals surface area contributed by atoms with Crippen LogP contribution in [0.2, 0.25) is 0 Å². The summed E-state index contributed by atoms with van der Waals surface area (Å²) in [6, 6.07) is 7.21. The average Bonchev–Trinajstić information content (AvgIpc) is 2.49. The number of ether oxygens (including phenoxy) is 1. The molecule has 0 aliphatic carbocycles. The van der Waals surface area contributed by atoms with Gasteiger partial charge >= 0.3 is 0 Å². The molecule has 0 fully saturated rings. The predicted octanol–water partition coefficient (Wildman–Crippen LogP) is 3.40. The first-order chi connectivity index (χ1) is 10.9. The Hall–Kier alpha value is -1.99. The molecule has 7 heteroatoms. The number of nitrogens with one attached hydrogen (secondary N) is 1. The van der Waals surface area contributed by atoms with E-state index in [1.54, 1.807) is 38.2 Å². The Labute approximate surface area is 135 Å². The minimum Gasteiger partial charge on any atom is -0.453 e. The van der Waals surface area contributed by atoms with Gasteiger partial charge in [0.1, 0.15) is 5.75 Å². The minimum absolute atomic E-state index is 0.0437. The first kappa shape index (κ1) is 17.4. The molecule has 0 saturated carbocycles. The van der Waals surface area contributed by atoms with Gasteiger partial charge in [0, 0.05) is 12.2 Å². The van der Waals surface area contributed by atoms with Gasteiger partial charge in [-0.3, -0.25) is 4.98 Å². The van der Waals surface area contributed by atoms with Crippen molar-refractivity contribution in [1.82, 2.24) is 9.71 Å². The summed E-state index contributed by atoms with van der Waals surface area (Å²) >= 11 is 0. The molecule has 0 spiro atoms. The zero-order valence-electron chi connectivity index (χ0n) is 13.0. The lowest BCUT2D eigenvalue weighted by molar-refractivity contribution is 0.439. The van der Waals surface area contributed by atoms with Crippen LogP contribution in [0.1, 0.15) is 31.9 Å². The van der Waals surface area contributed by atoms with Crippen LogP contribution >= 0.6 is 0 Å². The van der Waals surface area contributed by atoms with E-state index in [4.69, 9.17) is 4.74 Å². The third-order valence-electron chi connectivity index (χ3n) is 3.15. The largest absolute Gasteiger partial charge is 0.453 e. The summed E-state index contributed by atoms with van der Waals surface area (Å²) in [6.45, 7) is 3.46. The van der Waals surface area contributed by atoms with Gasteiger partial charge in [-0.25, -0.2) is 17.5 Å². The van der Waals surface area contributed by atoms with Crippen LogP contribution in [0, 0.1) is 5.82 Å². The molecule has 0 saturated heterocycles. The summed E-state index contributed by atoms with van der Waals surface area (Å²) in [7, 11) is -3.36. The second kappa shape index (κ2) is 7.52. The lowest BCUT2D eigenvalue weighted by Gasteiger charge is -2.15. The van der Waals surface area contributed by atoms with Crippen molar-refractivity contribution in [2.45, 2.75) is 26.3 Å². The van der Waals surface area contributed by atoms with E-state index < -0.39 is 21.9 Å². The number of halogens is 1. The van der Waals surface area contributed by atoms with Crippen LogP contribution in [0.4, 0.5) is 4.39 Å². The highest BCUT2D eigenvalue weighted by Gasteiger charge is 2.16. The highest BCUT2D eigenvalue weighted by molar-refractivity contribution is 7.89. The molecule has 0 bridgehead atoms. The summed E-state index contributed by atoms with van der Waals surface area (Å²) in [5.74, 6) is -0.0312. The van der Waals surface area contributed by atoms with Gasteiger partial charge in [0.25, 0.3) is 0 Å². The Balaban J connectivity index is 2.12. The van der Waals surface area contributed by atoms with Crippen LogP contribution in [-0.2, 0) is 10.0 Å². The number of nitrogens with zero attached hydrogens (tertiary/aromatic N) is 1. The van der Waals surface area contributed by atoms with Crippen LogP contribution in [0.5, 0.6) is 11.5 Å². The van der Waals surface area contributed by atoms with Gasteiger partial charge in [0.15, 0.2) is 11.6 Å². The van der Waals surface area contributed by atoms with E-state index in [1.165, 1.54) is 18.3 Å². The van der Waals surface area contributed by atoms with Crippen molar-refractivity contribution in [2.75, 3.05) is 5.75 Å². The molecule has 0 amide bonds. The fourth-order valence-corrected chi connectivity index (χ4v) is 3.40. The standard InChI is InChI=1S/C16H19FN2O3S/c1-3-9-23(20,21)19-12(2)13-6-7-16(15(17)10-13)22-14-5-4-8-18-11-14/h4-8,10-12,19H,3,9H2,1-2H3/t12-/m0/s1. The molecule has 2 aromatic rings. The topological polar surface area (TPSA) is 68.3 Å². The molecular formula is C16H19FN2O3S. The summed E-state index contributed by atoms with van der Waals surface area (Å²) in [5.41, 5.74) is 0.528. The quantitative estimate of drug-likeness (QED) is 0.840. The van der Waals surface area contributed by atoms with Crippen molar-refractivity contribution in [1.29, 1.82) is 0 Å². The van der Waals surface area contributed by atoms with Crippen molar-refractivity contribution in [3.05, 3.63) is 54.1 Å². The molecule has 5 nitrogen and oxygen atoms in total. The van der Waals surface area contributed by atoms with Crippen LogP contribution in [0.3, 0.4) is 0 Å². The highest BCUT2D eigenvalue weighted by atomic mass is 32.2. The number of rotatable bonds is 7. The Bertz CT molecular complexity index is 751. The van der Waals surface area contributed by atoms with Crippen molar-refractivity contribution >= 4 is 10.0 Å². The smallest absolute Gasteiger partial charge is 0.212 e. The van der Waals surface area contributed by atoms with E-state index in [9.17, 15) is 12.8 Å². The van der Waals surface area contributed by atoms with Crippen molar-refractivity contribution in [2.24, 2.45) is 0 Å². The molecule has 2 rings (SSSR count). The second-order valence-corrected chi connectivity index (χ2v) is 7.01. The van der Waals surface area contributed by atoms with Crippen molar-refractivity contribution in [3.8, 4) is 11.5 Å².